The summed E-state index contributed by atoms with van der Waals surface area (Å²) in [6.45, 7) is 0. The van der Waals surface area contributed by atoms with Crippen LogP contribution in [-0.2, 0) is 0 Å². The first-order chi connectivity index (χ1) is 8.20. The second-order valence-corrected chi connectivity index (χ2v) is 3.37. The van der Waals surface area contributed by atoms with Crippen molar-refractivity contribution >= 4 is 5.84 Å². The molecule has 2 rings (SSSR count). The lowest BCUT2D eigenvalue weighted by atomic mass is 10.1. The molecule has 0 aliphatic heterocycles. The molecule has 1 heterocycles. The Morgan fingerprint density at radius 1 is 1.24 bits per heavy atom. The number of amidine groups is 1. The number of hydrogen-bond acceptors (Lipinski definition) is 4. The summed E-state index contributed by atoms with van der Waals surface area (Å²) in [6.07, 6.45) is 0. The van der Waals surface area contributed by atoms with Gasteiger partial charge < -0.3 is 10.9 Å². The van der Waals surface area contributed by atoms with Gasteiger partial charge in [-0.15, -0.1) is 0 Å². The summed E-state index contributed by atoms with van der Waals surface area (Å²) in [6, 6.07) is 9.98. The molecule has 6 nitrogen and oxygen atoms in total. The number of aromatic nitrogens is 2. The Hall–Kier alpha value is -2.63. The van der Waals surface area contributed by atoms with Crippen LogP contribution in [0.25, 0.3) is 11.3 Å². The van der Waals surface area contributed by atoms with Gasteiger partial charge in [0.1, 0.15) is 0 Å². The van der Waals surface area contributed by atoms with E-state index < -0.39 is 0 Å². The second kappa shape index (κ2) is 4.48. The Balaban J connectivity index is 2.35. The SMILES string of the molecule is N/C(=N\O)c1ccc(-c2ccc(=O)[nH]n2)cc1. The van der Waals surface area contributed by atoms with Crippen LogP contribution in [0.4, 0.5) is 0 Å². The van der Waals surface area contributed by atoms with E-state index in [0.29, 0.717) is 11.3 Å². The monoisotopic (exact) mass is 230 g/mol. The summed E-state index contributed by atoms with van der Waals surface area (Å²) in [5.74, 6) is 0.0472. The van der Waals surface area contributed by atoms with Crippen LogP contribution in [0.1, 0.15) is 5.56 Å². The van der Waals surface area contributed by atoms with E-state index in [2.05, 4.69) is 15.4 Å². The number of hydrogen-bond donors (Lipinski definition) is 3. The molecule has 0 amide bonds. The Kier molecular flexibility index (Phi) is 2.87. The van der Waals surface area contributed by atoms with Crippen molar-refractivity contribution < 1.29 is 5.21 Å². The third-order valence-electron chi connectivity index (χ3n) is 2.26. The Morgan fingerprint density at radius 2 is 1.94 bits per heavy atom. The van der Waals surface area contributed by atoms with Crippen molar-refractivity contribution in [2.45, 2.75) is 0 Å². The fourth-order valence-corrected chi connectivity index (χ4v) is 1.37. The van der Waals surface area contributed by atoms with Gasteiger partial charge in [-0.05, 0) is 6.07 Å². The lowest BCUT2D eigenvalue weighted by Crippen LogP contribution is -2.12. The fraction of sp³-hybridized carbons (Fsp3) is 0. The summed E-state index contributed by atoms with van der Waals surface area (Å²) in [7, 11) is 0. The van der Waals surface area contributed by atoms with Crippen LogP contribution in [0.5, 0.6) is 0 Å². The number of nitrogens with one attached hydrogen (secondary N) is 1. The molecule has 0 bridgehead atoms. The topological polar surface area (TPSA) is 104 Å². The maximum atomic E-state index is 10.9. The summed E-state index contributed by atoms with van der Waals surface area (Å²) >= 11 is 0. The maximum Gasteiger partial charge on any atom is 0.264 e. The van der Waals surface area contributed by atoms with Gasteiger partial charge in [-0.1, -0.05) is 29.4 Å². The molecule has 0 aliphatic carbocycles. The van der Waals surface area contributed by atoms with E-state index in [1.54, 1.807) is 30.3 Å². The first-order valence-corrected chi connectivity index (χ1v) is 4.85. The van der Waals surface area contributed by atoms with E-state index in [-0.39, 0.29) is 11.4 Å². The molecule has 17 heavy (non-hydrogen) atoms. The first kappa shape index (κ1) is 10.9. The van der Waals surface area contributed by atoms with Gasteiger partial charge in [0, 0.05) is 17.2 Å². The molecule has 0 atom stereocenters. The van der Waals surface area contributed by atoms with Gasteiger partial charge in [-0.25, -0.2) is 5.10 Å². The number of nitrogens with two attached hydrogens (primary N) is 1. The molecule has 0 saturated heterocycles. The number of rotatable bonds is 2. The normalized spacial score (nSPS) is 11.4. The zero-order chi connectivity index (χ0) is 12.3. The van der Waals surface area contributed by atoms with Crippen molar-refractivity contribution in [2.24, 2.45) is 10.9 Å². The lowest BCUT2D eigenvalue weighted by molar-refractivity contribution is 0.318. The van der Waals surface area contributed by atoms with Gasteiger partial charge in [-0.2, -0.15) is 5.10 Å². The van der Waals surface area contributed by atoms with Crippen molar-refractivity contribution in [1.29, 1.82) is 0 Å². The molecular formula is C11H10N4O2. The average molecular weight is 230 g/mol. The minimum atomic E-state index is -0.248. The molecule has 0 radical (unpaired) electrons. The Labute approximate surface area is 96.4 Å². The van der Waals surface area contributed by atoms with Crippen molar-refractivity contribution in [2.75, 3.05) is 0 Å². The molecule has 1 aromatic heterocycles. The smallest absolute Gasteiger partial charge is 0.264 e. The maximum absolute atomic E-state index is 10.9. The third-order valence-corrected chi connectivity index (χ3v) is 2.26. The summed E-state index contributed by atoms with van der Waals surface area (Å²) in [4.78, 5) is 10.9. The summed E-state index contributed by atoms with van der Waals surface area (Å²) in [5, 5.41) is 17.7. The van der Waals surface area contributed by atoms with Crippen molar-refractivity contribution in [1.82, 2.24) is 10.2 Å². The minimum absolute atomic E-state index is 0.0472. The number of benzene rings is 1. The van der Waals surface area contributed by atoms with Crippen LogP contribution in [0.15, 0.2) is 46.3 Å². The molecule has 86 valence electrons. The lowest BCUT2D eigenvalue weighted by Gasteiger charge is -2.01. The van der Waals surface area contributed by atoms with Crippen molar-refractivity contribution in [3.63, 3.8) is 0 Å². The van der Waals surface area contributed by atoms with Crippen molar-refractivity contribution in [3.05, 3.63) is 52.3 Å². The summed E-state index contributed by atoms with van der Waals surface area (Å²) < 4.78 is 0. The number of H-pyrrole nitrogens is 1. The highest BCUT2D eigenvalue weighted by molar-refractivity contribution is 5.97. The average Bonchev–Trinajstić information content (AvgIpc) is 2.39. The molecule has 6 heteroatoms. The predicted octanol–water partition coefficient (Wildman–Crippen LogP) is 0.531. The van der Waals surface area contributed by atoms with Crippen LogP contribution in [0, 0.1) is 0 Å². The van der Waals surface area contributed by atoms with Gasteiger partial charge in [0.2, 0.25) is 0 Å². The van der Waals surface area contributed by atoms with Crippen LogP contribution in [0.2, 0.25) is 0 Å². The second-order valence-electron chi connectivity index (χ2n) is 3.37. The van der Waals surface area contributed by atoms with E-state index in [4.69, 9.17) is 10.9 Å². The van der Waals surface area contributed by atoms with Crippen molar-refractivity contribution in [3.8, 4) is 11.3 Å². The molecule has 4 N–H and O–H groups in total. The fourth-order valence-electron chi connectivity index (χ4n) is 1.37. The van der Waals surface area contributed by atoms with Gasteiger partial charge >= 0.3 is 0 Å². The molecule has 1 aromatic carbocycles. The third kappa shape index (κ3) is 2.31. The van der Waals surface area contributed by atoms with Gasteiger partial charge in [0.15, 0.2) is 5.84 Å². The number of aromatic amines is 1. The molecular weight excluding hydrogens is 220 g/mol. The molecule has 2 aromatic rings. The zero-order valence-electron chi connectivity index (χ0n) is 8.79. The highest BCUT2D eigenvalue weighted by atomic mass is 16.4. The van der Waals surface area contributed by atoms with Crippen LogP contribution in [-0.4, -0.2) is 21.2 Å². The standard InChI is InChI=1S/C11H10N4O2/c12-11(15-17)8-3-1-7(2-4-8)9-5-6-10(16)14-13-9/h1-6,17H,(H2,12,15)(H,14,16). The Morgan fingerprint density at radius 3 is 2.47 bits per heavy atom. The van der Waals surface area contributed by atoms with E-state index >= 15 is 0 Å². The molecule has 0 unspecified atom stereocenters. The van der Waals surface area contributed by atoms with Gasteiger partial charge in [0.25, 0.3) is 5.56 Å². The van der Waals surface area contributed by atoms with Crippen LogP contribution in [0.3, 0.4) is 0 Å². The summed E-state index contributed by atoms with van der Waals surface area (Å²) in [5.41, 5.74) is 7.28. The zero-order valence-corrected chi connectivity index (χ0v) is 8.79. The molecule has 0 aliphatic rings. The largest absolute Gasteiger partial charge is 0.409 e. The van der Waals surface area contributed by atoms with E-state index in [1.165, 1.54) is 6.07 Å². The number of oxime groups is 1. The molecule has 0 fully saturated rings. The van der Waals surface area contributed by atoms with Gasteiger partial charge in [-0.3, -0.25) is 4.79 Å². The number of nitrogens with zero attached hydrogens (tertiary/aromatic N) is 2. The van der Waals surface area contributed by atoms with Crippen LogP contribution >= 0.6 is 0 Å². The highest BCUT2D eigenvalue weighted by Crippen LogP contribution is 2.15. The minimum Gasteiger partial charge on any atom is -0.409 e. The first-order valence-electron chi connectivity index (χ1n) is 4.85. The predicted molar refractivity (Wildman–Crippen MR) is 62.8 cm³/mol. The van der Waals surface area contributed by atoms with E-state index in [1.807, 2.05) is 0 Å². The van der Waals surface area contributed by atoms with E-state index in [0.717, 1.165) is 5.56 Å². The highest BCUT2D eigenvalue weighted by Gasteiger charge is 2.02. The van der Waals surface area contributed by atoms with Crippen LogP contribution < -0.4 is 11.3 Å². The molecule has 0 saturated carbocycles. The van der Waals surface area contributed by atoms with Gasteiger partial charge in [0.05, 0.1) is 5.69 Å². The van der Waals surface area contributed by atoms with E-state index in [9.17, 15) is 4.79 Å². The quantitative estimate of drug-likeness (QED) is 0.303. The Bertz CT molecular complexity index is 581. The molecule has 0 spiro atoms.